The number of rotatable bonds is 7. The summed E-state index contributed by atoms with van der Waals surface area (Å²) in [5.41, 5.74) is 0. The van der Waals surface area contributed by atoms with Crippen molar-refractivity contribution in [1.29, 1.82) is 0 Å². The summed E-state index contributed by atoms with van der Waals surface area (Å²) < 4.78 is 24.4. The Balaban J connectivity index is 1.74. The van der Waals surface area contributed by atoms with Crippen LogP contribution in [0.25, 0.3) is 0 Å². The third-order valence-electron chi connectivity index (χ3n) is 3.56. The summed E-state index contributed by atoms with van der Waals surface area (Å²) in [5, 5.41) is 3.45. The third kappa shape index (κ3) is 3.18. The Labute approximate surface area is 98.4 Å². The molecule has 0 bridgehead atoms. The minimum atomic E-state index is -3.03. The van der Waals surface area contributed by atoms with Gasteiger partial charge in [0.25, 0.3) is 0 Å². The number of sulfonamides is 1. The quantitative estimate of drug-likeness (QED) is 0.718. The van der Waals surface area contributed by atoms with Gasteiger partial charge in [-0.1, -0.05) is 0 Å². The van der Waals surface area contributed by atoms with E-state index < -0.39 is 10.0 Å². The zero-order valence-electron chi connectivity index (χ0n) is 10.1. The van der Waals surface area contributed by atoms with Gasteiger partial charge in [0.2, 0.25) is 10.0 Å². The first-order valence-electron chi connectivity index (χ1n) is 6.14. The van der Waals surface area contributed by atoms with Crippen LogP contribution < -0.4 is 5.32 Å². The van der Waals surface area contributed by atoms with Crippen molar-refractivity contribution in [3.05, 3.63) is 0 Å². The van der Waals surface area contributed by atoms with Crippen molar-refractivity contribution in [2.75, 3.05) is 26.4 Å². The summed E-state index contributed by atoms with van der Waals surface area (Å²) in [4.78, 5) is 0. The van der Waals surface area contributed by atoms with Crippen LogP contribution in [-0.4, -0.2) is 45.2 Å². The molecule has 0 aromatic rings. The lowest BCUT2D eigenvalue weighted by Gasteiger charge is -2.18. The standard InChI is InChI=1S/C11H22N2O2S/c1-13(2)16(14,15)8-7-12-11(9-3-4-9)10-5-6-10/h9-12H,3-8H2,1-2H3. The molecule has 2 aliphatic rings. The molecule has 2 fully saturated rings. The monoisotopic (exact) mass is 246 g/mol. The number of nitrogens with zero attached hydrogens (tertiary/aromatic N) is 1. The zero-order chi connectivity index (χ0) is 11.8. The zero-order valence-corrected chi connectivity index (χ0v) is 11.0. The van der Waals surface area contributed by atoms with E-state index in [0.717, 1.165) is 11.8 Å². The van der Waals surface area contributed by atoms with Crippen LogP contribution in [0.15, 0.2) is 0 Å². The van der Waals surface area contributed by atoms with Crippen LogP contribution in [0.2, 0.25) is 0 Å². The number of nitrogens with one attached hydrogen (secondary N) is 1. The van der Waals surface area contributed by atoms with Gasteiger partial charge in [-0.3, -0.25) is 0 Å². The van der Waals surface area contributed by atoms with Crippen molar-refractivity contribution in [2.24, 2.45) is 11.8 Å². The van der Waals surface area contributed by atoms with Crippen LogP contribution in [-0.2, 0) is 10.0 Å². The Morgan fingerprint density at radius 2 is 1.69 bits per heavy atom. The average Bonchev–Trinajstić information content (AvgIpc) is 3.03. The highest BCUT2D eigenvalue weighted by molar-refractivity contribution is 7.89. The Bertz CT molecular complexity index is 320. The molecule has 2 aliphatic carbocycles. The summed E-state index contributed by atoms with van der Waals surface area (Å²) in [6.07, 6.45) is 5.31. The predicted molar refractivity (Wildman–Crippen MR) is 64.7 cm³/mol. The largest absolute Gasteiger partial charge is 0.312 e. The molecule has 0 radical (unpaired) electrons. The first-order valence-corrected chi connectivity index (χ1v) is 7.75. The molecule has 0 amide bonds. The molecule has 2 saturated carbocycles. The van der Waals surface area contributed by atoms with E-state index in [2.05, 4.69) is 5.32 Å². The maximum absolute atomic E-state index is 11.6. The van der Waals surface area contributed by atoms with E-state index in [1.165, 1.54) is 30.0 Å². The molecule has 1 N–H and O–H groups in total. The van der Waals surface area contributed by atoms with Crippen molar-refractivity contribution in [1.82, 2.24) is 9.62 Å². The molecule has 0 aromatic carbocycles. The molecule has 4 nitrogen and oxygen atoms in total. The molecule has 0 atom stereocenters. The fourth-order valence-corrected chi connectivity index (χ4v) is 2.91. The molecule has 0 heterocycles. The Morgan fingerprint density at radius 1 is 1.19 bits per heavy atom. The third-order valence-corrected chi connectivity index (χ3v) is 5.39. The van der Waals surface area contributed by atoms with Gasteiger partial charge in [-0.15, -0.1) is 0 Å². The highest BCUT2D eigenvalue weighted by Gasteiger charge is 2.41. The van der Waals surface area contributed by atoms with Gasteiger partial charge in [-0.05, 0) is 37.5 Å². The maximum Gasteiger partial charge on any atom is 0.214 e. The second-order valence-electron chi connectivity index (χ2n) is 5.25. The van der Waals surface area contributed by atoms with E-state index in [1.54, 1.807) is 14.1 Å². The smallest absolute Gasteiger partial charge is 0.214 e. The second-order valence-corrected chi connectivity index (χ2v) is 7.56. The van der Waals surface area contributed by atoms with E-state index in [9.17, 15) is 8.42 Å². The topological polar surface area (TPSA) is 49.4 Å². The van der Waals surface area contributed by atoms with Crippen LogP contribution in [0.3, 0.4) is 0 Å². The second kappa shape index (κ2) is 4.63. The molecule has 0 unspecified atom stereocenters. The molecule has 5 heteroatoms. The van der Waals surface area contributed by atoms with Crippen LogP contribution in [0.1, 0.15) is 25.7 Å². The molecule has 0 aromatic heterocycles. The van der Waals surface area contributed by atoms with Crippen molar-refractivity contribution >= 4 is 10.0 Å². The average molecular weight is 246 g/mol. The lowest BCUT2D eigenvalue weighted by Crippen LogP contribution is -2.38. The van der Waals surface area contributed by atoms with E-state index >= 15 is 0 Å². The van der Waals surface area contributed by atoms with Gasteiger partial charge < -0.3 is 5.32 Å². The lowest BCUT2D eigenvalue weighted by molar-refractivity contribution is 0.425. The minimum absolute atomic E-state index is 0.218. The summed E-state index contributed by atoms with van der Waals surface area (Å²) in [5.74, 6) is 1.87. The van der Waals surface area contributed by atoms with E-state index in [1.807, 2.05) is 0 Å². The van der Waals surface area contributed by atoms with Crippen molar-refractivity contribution < 1.29 is 8.42 Å². The van der Waals surface area contributed by atoms with Gasteiger partial charge in [0.1, 0.15) is 0 Å². The van der Waals surface area contributed by atoms with Gasteiger partial charge >= 0.3 is 0 Å². The molecule has 16 heavy (non-hydrogen) atoms. The molecule has 0 spiro atoms. The summed E-state index contributed by atoms with van der Waals surface area (Å²) in [6, 6.07) is 0.595. The summed E-state index contributed by atoms with van der Waals surface area (Å²) >= 11 is 0. The van der Waals surface area contributed by atoms with Crippen LogP contribution >= 0.6 is 0 Å². The van der Waals surface area contributed by atoms with Gasteiger partial charge in [-0.2, -0.15) is 0 Å². The summed E-state index contributed by atoms with van der Waals surface area (Å²) in [7, 11) is 0.150. The van der Waals surface area contributed by atoms with Gasteiger partial charge in [-0.25, -0.2) is 12.7 Å². The van der Waals surface area contributed by atoms with Crippen molar-refractivity contribution in [3.63, 3.8) is 0 Å². The summed E-state index contributed by atoms with van der Waals surface area (Å²) in [6.45, 7) is 0.595. The highest BCUT2D eigenvalue weighted by Crippen LogP contribution is 2.44. The number of hydrogen-bond acceptors (Lipinski definition) is 3. The first kappa shape index (κ1) is 12.3. The molecule has 2 rings (SSSR count). The van der Waals surface area contributed by atoms with E-state index in [4.69, 9.17) is 0 Å². The van der Waals surface area contributed by atoms with Gasteiger partial charge in [0, 0.05) is 26.7 Å². The Morgan fingerprint density at radius 3 is 2.06 bits per heavy atom. The fraction of sp³-hybridized carbons (Fsp3) is 1.00. The number of hydrogen-bond donors (Lipinski definition) is 1. The first-order chi connectivity index (χ1) is 7.50. The van der Waals surface area contributed by atoms with Gasteiger partial charge in [0.05, 0.1) is 5.75 Å². The predicted octanol–water partition coefficient (Wildman–Crippen LogP) is 0.656. The normalized spacial score (nSPS) is 22.0. The lowest BCUT2D eigenvalue weighted by atomic mass is 10.1. The maximum atomic E-state index is 11.6. The minimum Gasteiger partial charge on any atom is -0.312 e. The van der Waals surface area contributed by atoms with Crippen molar-refractivity contribution in [2.45, 2.75) is 31.7 Å². The van der Waals surface area contributed by atoms with Crippen LogP contribution in [0, 0.1) is 11.8 Å². The Kier molecular flexibility index (Phi) is 3.56. The fourth-order valence-electron chi connectivity index (χ4n) is 2.17. The van der Waals surface area contributed by atoms with Crippen LogP contribution in [0.4, 0.5) is 0 Å². The molecule has 94 valence electrons. The van der Waals surface area contributed by atoms with E-state index in [0.29, 0.717) is 12.6 Å². The molecular weight excluding hydrogens is 224 g/mol. The van der Waals surface area contributed by atoms with E-state index in [-0.39, 0.29) is 5.75 Å². The van der Waals surface area contributed by atoms with Crippen molar-refractivity contribution in [3.8, 4) is 0 Å². The highest BCUT2D eigenvalue weighted by atomic mass is 32.2. The van der Waals surface area contributed by atoms with Gasteiger partial charge in [0.15, 0.2) is 0 Å². The molecular formula is C11H22N2O2S. The molecule has 0 aliphatic heterocycles. The molecule has 0 saturated heterocycles. The SMILES string of the molecule is CN(C)S(=O)(=O)CCNC(C1CC1)C1CC1. The van der Waals surface area contributed by atoms with Crippen LogP contribution in [0.5, 0.6) is 0 Å². The Hall–Kier alpha value is -0.130.